The lowest BCUT2D eigenvalue weighted by atomic mass is 9.78. The van der Waals surface area contributed by atoms with E-state index < -0.39 is 0 Å². The highest BCUT2D eigenvalue weighted by molar-refractivity contribution is 6.23. The van der Waals surface area contributed by atoms with Crippen molar-refractivity contribution in [2.45, 2.75) is 44.9 Å². The molecule has 2 heterocycles. The first-order chi connectivity index (χ1) is 28.5. The Hall–Kier alpha value is -6.28. The minimum absolute atomic E-state index is 0.0947. The van der Waals surface area contributed by atoms with Gasteiger partial charge in [-0.3, -0.25) is 29.0 Å². The third-order valence-corrected chi connectivity index (χ3v) is 14.0. The van der Waals surface area contributed by atoms with Crippen LogP contribution in [-0.4, -0.2) is 23.6 Å². The third-order valence-electron chi connectivity index (χ3n) is 14.0. The van der Waals surface area contributed by atoms with E-state index in [4.69, 9.17) is 9.47 Å². The molecule has 59 heavy (non-hydrogen) atoms. The molecule has 0 aromatic heterocycles. The van der Waals surface area contributed by atoms with E-state index in [0.29, 0.717) is 34.4 Å². The van der Waals surface area contributed by atoms with E-state index in [-0.39, 0.29) is 76.4 Å². The SMILES string of the molecule is C=CCC1=CC2CC1C1C(=O)N(c3ccc(Oc4ccc(C(C)(C)c5ccc(Oc6ccc(N7C(=O)C8C9C=C(CC=C)C(C9)C8C7=O)cc6)cc5)cc4)cc3)C(=O)C21. The van der Waals surface area contributed by atoms with E-state index in [1.807, 2.05) is 36.4 Å². The third kappa shape index (κ3) is 5.86. The van der Waals surface area contributed by atoms with Crippen molar-refractivity contribution >= 4 is 35.0 Å². The van der Waals surface area contributed by atoms with Crippen LogP contribution in [0, 0.1) is 47.3 Å². The molecule has 6 aliphatic rings. The van der Waals surface area contributed by atoms with Crippen LogP contribution in [-0.2, 0) is 24.6 Å². The van der Waals surface area contributed by atoms with E-state index >= 15 is 0 Å². The Labute approximate surface area is 344 Å². The van der Waals surface area contributed by atoms with Gasteiger partial charge >= 0.3 is 0 Å². The van der Waals surface area contributed by atoms with Crippen molar-refractivity contribution in [2.24, 2.45) is 47.3 Å². The smallest absolute Gasteiger partial charge is 0.238 e. The van der Waals surface area contributed by atoms with Gasteiger partial charge in [0.25, 0.3) is 0 Å². The summed E-state index contributed by atoms with van der Waals surface area (Å²) in [6.07, 6.45) is 11.5. The van der Waals surface area contributed by atoms with Crippen LogP contribution < -0.4 is 19.3 Å². The summed E-state index contributed by atoms with van der Waals surface area (Å²) < 4.78 is 12.4. The second-order valence-electron chi connectivity index (χ2n) is 17.5. The van der Waals surface area contributed by atoms with Crippen LogP contribution in [0.1, 0.15) is 50.7 Å². The fraction of sp³-hybridized carbons (Fsp3) is 0.294. The summed E-state index contributed by atoms with van der Waals surface area (Å²) in [6.45, 7) is 12.1. The van der Waals surface area contributed by atoms with Crippen molar-refractivity contribution in [3.63, 3.8) is 0 Å². The molecular formula is C51H46N2O6. The number of ether oxygens (including phenoxy) is 2. The molecule has 2 aliphatic heterocycles. The minimum Gasteiger partial charge on any atom is -0.457 e. The summed E-state index contributed by atoms with van der Waals surface area (Å²) in [5, 5.41) is 0. The lowest BCUT2D eigenvalue weighted by Crippen LogP contribution is -2.32. The van der Waals surface area contributed by atoms with Gasteiger partial charge in [-0.15, -0.1) is 13.2 Å². The molecule has 8 nitrogen and oxygen atoms in total. The van der Waals surface area contributed by atoms with Crippen LogP contribution in [0.4, 0.5) is 11.4 Å². The van der Waals surface area contributed by atoms with Gasteiger partial charge in [0.05, 0.1) is 35.0 Å². The molecule has 4 fully saturated rings. The highest BCUT2D eigenvalue weighted by atomic mass is 16.5. The molecule has 4 bridgehead atoms. The normalized spacial score (nSPS) is 27.6. The van der Waals surface area contributed by atoms with Crippen molar-refractivity contribution in [2.75, 3.05) is 9.80 Å². The first kappa shape index (κ1) is 37.0. The molecule has 0 N–H and O–H groups in total. The average molecular weight is 783 g/mol. The standard InChI is InChI=1S/C51H46N2O6/c1-5-7-29-25-31-27-41(29)45-43(31)47(54)52(49(45)56)35-13-21-39(22-14-35)58-37-17-9-33(10-18-37)51(3,4)34-11-19-38(20-12-34)59-40-23-15-36(16-24-40)53-48(55)44-32-26-30(8-6-2)42(28-32)46(44)50(53)57/h5-6,9-26,31-32,41-46H,1-2,7-8,27-28H2,3-4H3. The van der Waals surface area contributed by atoms with E-state index in [2.05, 4.69) is 63.4 Å². The number of carbonyl (C=O) groups excluding carboxylic acids is 4. The Bertz CT molecular complexity index is 2310. The maximum atomic E-state index is 13.5. The summed E-state index contributed by atoms with van der Waals surface area (Å²) in [5.74, 6) is 1.69. The van der Waals surface area contributed by atoms with Crippen molar-refractivity contribution in [1.29, 1.82) is 0 Å². The van der Waals surface area contributed by atoms with Crippen LogP contribution in [0.5, 0.6) is 23.0 Å². The van der Waals surface area contributed by atoms with Crippen LogP contribution in [0.3, 0.4) is 0 Å². The lowest BCUT2D eigenvalue weighted by molar-refractivity contribution is -0.124. The van der Waals surface area contributed by atoms with Crippen molar-refractivity contribution in [3.05, 3.63) is 157 Å². The molecule has 8 unspecified atom stereocenters. The van der Waals surface area contributed by atoms with Gasteiger partial charge in [0.1, 0.15) is 23.0 Å². The highest BCUT2D eigenvalue weighted by Gasteiger charge is 2.62. The zero-order valence-electron chi connectivity index (χ0n) is 33.3. The molecule has 4 aromatic carbocycles. The minimum atomic E-state index is -0.316. The summed E-state index contributed by atoms with van der Waals surface area (Å²) in [5.41, 5.74) is 5.55. The monoisotopic (exact) mass is 782 g/mol. The first-order valence-electron chi connectivity index (χ1n) is 20.7. The lowest BCUT2D eigenvalue weighted by Gasteiger charge is -2.26. The number of carbonyl (C=O) groups is 4. The molecule has 4 aliphatic carbocycles. The number of allylic oxidation sites excluding steroid dienone is 6. The molecular weight excluding hydrogens is 737 g/mol. The van der Waals surface area contributed by atoms with Gasteiger partial charge in [0.15, 0.2) is 0 Å². The van der Waals surface area contributed by atoms with Crippen molar-refractivity contribution in [3.8, 4) is 23.0 Å². The fourth-order valence-electron chi connectivity index (χ4n) is 11.2. The molecule has 4 aromatic rings. The number of anilines is 2. The Morgan fingerprint density at radius 3 is 1.19 bits per heavy atom. The van der Waals surface area contributed by atoms with Gasteiger partial charge in [0, 0.05) is 5.41 Å². The predicted molar refractivity (Wildman–Crippen MR) is 226 cm³/mol. The molecule has 8 atom stereocenters. The van der Waals surface area contributed by atoms with E-state index in [1.165, 1.54) is 20.9 Å². The topological polar surface area (TPSA) is 93.2 Å². The molecule has 2 saturated carbocycles. The molecule has 0 spiro atoms. The number of nitrogens with zero attached hydrogens (tertiary/aromatic N) is 2. The van der Waals surface area contributed by atoms with Gasteiger partial charge in [0.2, 0.25) is 23.6 Å². The fourth-order valence-corrected chi connectivity index (χ4v) is 11.2. The summed E-state index contributed by atoms with van der Waals surface area (Å²) in [4.78, 5) is 56.7. The number of hydrogen-bond acceptors (Lipinski definition) is 6. The van der Waals surface area contributed by atoms with Gasteiger partial charge in [-0.1, -0.05) is 73.6 Å². The summed E-state index contributed by atoms with van der Waals surface area (Å²) in [7, 11) is 0. The predicted octanol–water partition coefficient (Wildman–Crippen LogP) is 10.1. The zero-order valence-corrected chi connectivity index (χ0v) is 33.3. The second-order valence-corrected chi connectivity index (χ2v) is 17.5. The Balaban J connectivity index is 0.754. The molecule has 4 amide bonds. The maximum Gasteiger partial charge on any atom is 0.238 e. The average Bonchev–Trinajstić information content (AvgIpc) is 4.09. The van der Waals surface area contributed by atoms with E-state index in [9.17, 15) is 19.2 Å². The maximum absolute atomic E-state index is 13.5. The highest BCUT2D eigenvalue weighted by Crippen LogP contribution is 2.58. The molecule has 296 valence electrons. The van der Waals surface area contributed by atoms with Gasteiger partial charge in [-0.2, -0.15) is 0 Å². The number of amides is 4. The molecule has 2 saturated heterocycles. The van der Waals surface area contributed by atoms with Crippen molar-refractivity contribution in [1.82, 2.24) is 0 Å². The van der Waals surface area contributed by atoms with E-state index in [0.717, 1.165) is 36.8 Å². The van der Waals surface area contributed by atoms with Crippen molar-refractivity contribution < 1.29 is 28.7 Å². The second kappa shape index (κ2) is 13.9. The number of rotatable bonds is 12. The van der Waals surface area contributed by atoms with Gasteiger partial charge in [-0.25, -0.2) is 0 Å². The zero-order chi connectivity index (χ0) is 40.7. The molecule has 8 heteroatoms. The number of benzene rings is 4. The number of hydrogen-bond donors (Lipinski definition) is 0. The summed E-state index contributed by atoms with van der Waals surface area (Å²) in [6, 6.07) is 30.4. The van der Waals surface area contributed by atoms with Crippen LogP contribution in [0.2, 0.25) is 0 Å². The van der Waals surface area contributed by atoms with Crippen LogP contribution >= 0.6 is 0 Å². The summed E-state index contributed by atoms with van der Waals surface area (Å²) >= 11 is 0. The van der Waals surface area contributed by atoms with Gasteiger partial charge < -0.3 is 9.47 Å². The Morgan fingerprint density at radius 2 is 0.847 bits per heavy atom. The quantitative estimate of drug-likeness (QED) is 0.105. The largest absolute Gasteiger partial charge is 0.457 e. The van der Waals surface area contributed by atoms with Crippen LogP contribution in [0.15, 0.2) is 146 Å². The number of imide groups is 2. The number of fused-ring (bicyclic) bond motifs is 10. The first-order valence-corrected chi connectivity index (χ1v) is 20.7. The van der Waals surface area contributed by atoms with Gasteiger partial charge in [-0.05, 0) is 133 Å². The Morgan fingerprint density at radius 1 is 0.525 bits per heavy atom. The molecule has 0 radical (unpaired) electrons. The molecule has 10 rings (SSSR count). The Kier molecular flexibility index (Phi) is 8.74. The van der Waals surface area contributed by atoms with Crippen LogP contribution in [0.25, 0.3) is 0 Å². The van der Waals surface area contributed by atoms with E-state index in [1.54, 1.807) is 48.5 Å².